The highest BCUT2D eigenvalue weighted by molar-refractivity contribution is 7.13. The van der Waals surface area contributed by atoms with Crippen LogP contribution in [0.15, 0.2) is 29.6 Å². The van der Waals surface area contributed by atoms with Crippen molar-refractivity contribution in [3.05, 3.63) is 40.9 Å². The molecule has 6 heteroatoms. The predicted octanol–water partition coefficient (Wildman–Crippen LogP) is 4.06. The van der Waals surface area contributed by atoms with Crippen LogP contribution in [0.1, 0.15) is 49.2 Å². The molecule has 0 radical (unpaired) electrons. The summed E-state index contributed by atoms with van der Waals surface area (Å²) in [6, 6.07) is 8.36. The molecule has 2 aromatic rings. The lowest BCUT2D eigenvalue weighted by molar-refractivity contribution is -0.140. The highest BCUT2D eigenvalue weighted by Gasteiger charge is 2.29. The molecule has 0 N–H and O–H groups in total. The zero-order valence-corrected chi connectivity index (χ0v) is 16.2. The van der Waals surface area contributed by atoms with Crippen LogP contribution in [0, 0.1) is 6.92 Å². The van der Waals surface area contributed by atoms with Gasteiger partial charge in [0.15, 0.2) is 12.3 Å². The van der Waals surface area contributed by atoms with Crippen LogP contribution in [-0.4, -0.2) is 40.5 Å². The molecule has 0 saturated carbocycles. The van der Waals surface area contributed by atoms with Gasteiger partial charge in [0.1, 0.15) is 5.01 Å². The molecule has 5 nitrogen and oxygen atoms in total. The third-order valence-corrected chi connectivity index (χ3v) is 5.71. The number of hydrogen-bond acceptors (Lipinski definition) is 5. The second-order valence-corrected chi connectivity index (χ2v) is 7.77. The van der Waals surface area contributed by atoms with Crippen molar-refractivity contribution in [3.8, 4) is 10.6 Å². The average molecular weight is 372 g/mol. The Morgan fingerprint density at radius 1 is 1.19 bits per heavy atom. The van der Waals surface area contributed by atoms with E-state index in [9.17, 15) is 9.59 Å². The minimum Gasteiger partial charge on any atom is -0.451 e. The molecular formula is C20H24N2O3S. The molecule has 3 rings (SSSR count). The fourth-order valence-electron chi connectivity index (χ4n) is 3.38. The van der Waals surface area contributed by atoms with E-state index in [-0.39, 0.29) is 30.3 Å². The summed E-state index contributed by atoms with van der Waals surface area (Å²) in [5.74, 6) is -0.683. The molecule has 26 heavy (non-hydrogen) atoms. The molecule has 1 aliphatic heterocycles. The van der Waals surface area contributed by atoms with E-state index < -0.39 is 5.97 Å². The first-order valence-corrected chi connectivity index (χ1v) is 9.84. The number of piperidine rings is 1. The van der Waals surface area contributed by atoms with Gasteiger partial charge in [-0.25, -0.2) is 9.78 Å². The maximum absolute atomic E-state index is 12.4. The van der Waals surface area contributed by atoms with Crippen molar-refractivity contribution < 1.29 is 14.3 Å². The van der Waals surface area contributed by atoms with Crippen molar-refractivity contribution in [2.45, 2.75) is 52.1 Å². The molecule has 0 bridgehead atoms. The number of aryl methyl sites for hydroxylation is 1. The van der Waals surface area contributed by atoms with E-state index in [4.69, 9.17) is 4.74 Å². The first-order chi connectivity index (χ1) is 12.5. The first-order valence-electron chi connectivity index (χ1n) is 8.96. The second-order valence-electron chi connectivity index (χ2n) is 6.91. The lowest BCUT2D eigenvalue weighted by Crippen LogP contribution is -2.49. The maximum atomic E-state index is 12.4. The van der Waals surface area contributed by atoms with Crippen LogP contribution in [0.2, 0.25) is 0 Å². The van der Waals surface area contributed by atoms with Crippen molar-refractivity contribution >= 4 is 23.2 Å². The van der Waals surface area contributed by atoms with Crippen LogP contribution < -0.4 is 0 Å². The van der Waals surface area contributed by atoms with Crippen LogP contribution in [0.4, 0.5) is 0 Å². The molecule has 1 fully saturated rings. The number of amides is 1. The quantitative estimate of drug-likeness (QED) is 0.759. The van der Waals surface area contributed by atoms with Gasteiger partial charge in [-0.15, -0.1) is 11.3 Å². The Labute approximate surface area is 158 Å². The Bertz CT molecular complexity index is 775. The number of likely N-dealkylation sites (tertiary alicyclic amines) is 1. The molecule has 0 unspecified atom stereocenters. The Balaban J connectivity index is 1.60. The Morgan fingerprint density at radius 2 is 1.85 bits per heavy atom. The zero-order chi connectivity index (χ0) is 18.7. The van der Waals surface area contributed by atoms with Crippen molar-refractivity contribution in [1.82, 2.24) is 9.88 Å². The summed E-state index contributed by atoms with van der Waals surface area (Å²) in [6.07, 6.45) is 3.12. The van der Waals surface area contributed by atoms with E-state index in [2.05, 4.69) is 4.98 Å². The fourth-order valence-corrected chi connectivity index (χ4v) is 4.18. The molecule has 0 spiro atoms. The van der Waals surface area contributed by atoms with Gasteiger partial charge in [-0.3, -0.25) is 4.79 Å². The minimum absolute atomic E-state index is 0.132. The normalized spacial score (nSPS) is 20.0. The van der Waals surface area contributed by atoms with Gasteiger partial charge in [0, 0.05) is 23.0 Å². The van der Waals surface area contributed by atoms with Crippen LogP contribution in [0.3, 0.4) is 0 Å². The van der Waals surface area contributed by atoms with Crippen LogP contribution in [0.5, 0.6) is 0 Å². The highest BCUT2D eigenvalue weighted by Crippen LogP contribution is 2.25. The van der Waals surface area contributed by atoms with Gasteiger partial charge < -0.3 is 9.64 Å². The van der Waals surface area contributed by atoms with E-state index in [1.165, 1.54) is 16.9 Å². The predicted molar refractivity (Wildman–Crippen MR) is 102 cm³/mol. The van der Waals surface area contributed by atoms with Crippen molar-refractivity contribution in [2.75, 3.05) is 6.61 Å². The van der Waals surface area contributed by atoms with Gasteiger partial charge in [-0.05, 0) is 40.0 Å². The van der Waals surface area contributed by atoms with E-state index in [0.717, 1.165) is 29.8 Å². The SMILES string of the molecule is Cc1ccc(-c2nc(C(=O)OCC(=O)N3[C@H](C)CCC[C@@H]3C)cs2)cc1. The summed E-state index contributed by atoms with van der Waals surface area (Å²) in [5.41, 5.74) is 2.38. The monoisotopic (exact) mass is 372 g/mol. The molecule has 1 aromatic heterocycles. The number of esters is 1. The molecule has 1 aliphatic rings. The largest absolute Gasteiger partial charge is 0.451 e. The number of carbonyl (C=O) groups excluding carboxylic acids is 2. The lowest BCUT2D eigenvalue weighted by atomic mass is 9.97. The van der Waals surface area contributed by atoms with Gasteiger partial charge in [-0.1, -0.05) is 29.8 Å². The van der Waals surface area contributed by atoms with Gasteiger partial charge >= 0.3 is 5.97 Å². The number of benzene rings is 1. The Kier molecular flexibility index (Phi) is 5.71. The molecule has 1 saturated heterocycles. The van der Waals surface area contributed by atoms with E-state index in [1.807, 2.05) is 49.9 Å². The van der Waals surface area contributed by atoms with Crippen LogP contribution in [-0.2, 0) is 9.53 Å². The van der Waals surface area contributed by atoms with Gasteiger partial charge in [0.05, 0.1) is 0 Å². The number of carbonyl (C=O) groups is 2. The average Bonchev–Trinajstić information content (AvgIpc) is 3.10. The summed E-state index contributed by atoms with van der Waals surface area (Å²) in [4.78, 5) is 30.9. The topological polar surface area (TPSA) is 59.5 Å². The second kappa shape index (κ2) is 7.99. The number of ether oxygens (including phenoxy) is 1. The number of rotatable bonds is 4. The highest BCUT2D eigenvalue weighted by atomic mass is 32.1. The molecule has 138 valence electrons. The summed E-state index contributed by atoms with van der Waals surface area (Å²) in [6.45, 7) is 5.88. The standard InChI is InChI=1S/C20H24N2O3S/c1-13-7-9-16(10-8-13)19-21-17(12-26-19)20(24)25-11-18(23)22-14(2)5-4-6-15(22)3/h7-10,12,14-15H,4-6,11H2,1-3H3/t14-,15+. The molecular weight excluding hydrogens is 348 g/mol. The Morgan fingerprint density at radius 3 is 2.50 bits per heavy atom. The molecule has 0 aliphatic carbocycles. The lowest BCUT2D eigenvalue weighted by Gasteiger charge is -2.38. The smallest absolute Gasteiger partial charge is 0.358 e. The maximum Gasteiger partial charge on any atom is 0.358 e. The molecule has 2 heterocycles. The molecule has 2 atom stereocenters. The van der Waals surface area contributed by atoms with Gasteiger partial charge in [0.2, 0.25) is 0 Å². The summed E-state index contributed by atoms with van der Waals surface area (Å²) < 4.78 is 5.22. The van der Waals surface area contributed by atoms with Gasteiger partial charge in [-0.2, -0.15) is 0 Å². The van der Waals surface area contributed by atoms with Crippen LogP contribution >= 0.6 is 11.3 Å². The summed E-state index contributed by atoms with van der Waals surface area (Å²) in [7, 11) is 0. The zero-order valence-electron chi connectivity index (χ0n) is 15.4. The molecule has 1 amide bonds. The number of aromatic nitrogens is 1. The minimum atomic E-state index is -0.551. The molecule has 1 aromatic carbocycles. The fraction of sp³-hybridized carbons (Fsp3) is 0.450. The van der Waals surface area contributed by atoms with Crippen LogP contribution in [0.25, 0.3) is 10.6 Å². The first kappa shape index (κ1) is 18.6. The third-order valence-electron chi connectivity index (χ3n) is 4.82. The summed E-state index contributed by atoms with van der Waals surface area (Å²) >= 11 is 1.39. The van der Waals surface area contributed by atoms with Gasteiger partial charge in [0.25, 0.3) is 5.91 Å². The third kappa shape index (κ3) is 4.12. The number of nitrogens with zero attached hydrogens (tertiary/aromatic N) is 2. The Hall–Kier alpha value is -2.21. The summed E-state index contributed by atoms with van der Waals surface area (Å²) in [5, 5.41) is 2.44. The number of hydrogen-bond donors (Lipinski definition) is 0. The van der Waals surface area contributed by atoms with E-state index in [1.54, 1.807) is 5.38 Å². The van der Waals surface area contributed by atoms with E-state index >= 15 is 0 Å². The van der Waals surface area contributed by atoms with E-state index in [0.29, 0.717) is 0 Å². The number of thiazole rings is 1. The van der Waals surface area contributed by atoms with Crippen molar-refractivity contribution in [1.29, 1.82) is 0 Å². The van der Waals surface area contributed by atoms with Crippen molar-refractivity contribution in [2.24, 2.45) is 0 Å². The van der Waals surface area contributed by atoms with Crippen molar-refractivity contribution in [3.63, 3.8) is 0 Å².